The van der Waals surface area contributed by atoms with E-state index in [-0.39, 0.29) is 17.3 Å². The Bertz CT molecular complexity index is 666. The van der Waals surface area contributed by atoms with Gasteiger partial charge in [-0.05, 0) is 35.7 Å². The zero-order valence-electron chi connectivity index (χ0n) is 12.4. The first-order valence-corrected chi connectivity index (χ1v) is 7.23. The molecule has 110 valence electrons. The second kappa shape index (κ2) is 5.15. The highest BCUT2D eigenvalue weighted by Crippen LogP contribution is 2.39. The van der Waals surface area contributed by atoms with E-state index >= 15 is 0 Å². The van der Waals surface area contributed by atoms with Crippen LogP contribution in [0.15, 0.2) is 42.5 Å². The van der Waals surface area contributed by atoms with Crippen LogP contribution in [-0.4, -0.2) is 6.61 Å². The van der Waals surface area contributed by atoms with Gasteiger partial charge in [-0.2, -0.15) is 0 Å². The van der Waals surface area contributed by atoms with Gasteiger partial charge in [-0.15, -0.1) is 0 Å². The Labute approximate surface area is 124 Å². The largest absolute Gasteiger partial charge is 0.492 e. The molecule has 0 spiro atoms. The molecule has 3 rings (SSSR count). The van der Waals surface area contributed by atoms with Crippen molar-refractivity contribution >= 4 is 0 Å². The van der Waals surface area contributed by atoms with E-state index in [0.717, 1.165) is 11.3 Å². The fraction of sp³-hybridized carbons (Fsp3) is 0.333. The highest BCUT2D eigenvalue weighted by molar-refractivity contribution is 5.46. The Kier molecular flexibility index (Phi) is 3.46. The monoisotopic (exact) mass is 285 g/mol. The van der Waals surface area contributed by atoms with Gasteiger partial charge in [-0.1, -0.05) is 38.1 Å². The molecule has 21 heavy (non-hydrogen) atoms. The van der Waals surface area contributed by atoms with Gasteiger partial charge >= 0.3 is 0 Å². The maximum atomic E-state index is 13.7. The van der Waals surface area contributed by atoms with Crippen LogP contribution < -0.4 is 10.5 Å². The summed E-state index contributed by atoms with van der Waals surface area (Å²) in [5, 5.41) is 0. The molecular formula is C18H20FNO. The predicted octanol–water partition coefficient (Wildman–Crippen LogP) is 3.74. The SMILES string of the molecule is CC1(C)COc2ccc(C(N)Cc3ccccc3F)cc21. The Morgan fingerprint density at radius 3 is 2.76 bits per heavy atom. The van der Waals surface area contributed by atoms with E-state index in [2.05, 4.69) is 19.9 Å². The first-order chi connectivity index (χ1) is 9.97. The number of hydrogen-bond acceptors (Lipinski definition) is 2. The lowest BCUT2D eigenvalue weighted by Crippen LogP contribution is -2.19. The van der Waals surface area contributed by atoms with Crippen LogP contribution in [0.5, 0.6) is 5.75 Å². The molecular weight excluding hydrogens is 265 g/mol. The maximum absolute atomic E-state index is 13.7. The summed E-state index contributed by atoms with van der Waals surface area (Å²) in [5.74, 6) is 0.736. The third kappa shape index (κ3) is 2.66. The van der Waals surface area contributed by atoms with E-state index in [0.29, 0.717) is 18.6 Å². The number of hydrogen-bond donors (Lipinski definition) is 1. The van der Waals surface area contributed by atoms with Crippen LogP contribution in [-0.2, 0) is 11.8 Å². The second-order valence-corrected chi connectivity index (χ2v) is 6.33. The summed E-state index contributed by atoms with van der Waals surface area (Å²) < 4.78 is 19.4. The number of halogens is 1. The minimum absolute atomic E-state index is 0.00304. The Balaban J connectivity index is 1.86. The van der Waals surface area contributed by atoms with Crippen molar-refractivity contribution in [3.8, 4) is 5.75 Å². The molecule has 2 N–H and O–H groups in total. The van der Waals surface area contributed by atoms with Gasteiger partial charge in [-0.25, -0.2) is 4.39 Å². The maximum Gasteiger partial charge on any atom is 0.126 e. The van der Waals surface area contributed by atoms with Crippen LogP contribution in [0.4, 0.5) is 4.39 Å². The lowest BCUT2D eigenvalue weighted by molar-refractivity contribution is 0.291. The van der Waals surface area contributed by atoms with Crippen LogP contribution in [0, 0.1) is 5.82 Å². The smallest absolute Gasteiger partial charge is 0.126 e. The predicted molar refractivity (Wildman–Crippen MR) is 82.0 cm³/mol. The third-order valence-corrected chi connectivity index (χ3v) is 4.15. The zero-order chi connectivity index (χ0) is 15.0. The number of nitrogens with two attached hydrogens (primary N) is 1. The summed E-state index contributed by atoms with van der Waals surface area (Å²) in [5.41, 5.74) is 9.14. The fourth-order valence-electron chi connectivity index (χ4n) is 2.79. The van der Waals surface area contributed by atoms with Crippen molar-refractivity contribution in [2.75, 3.05) is 6.61 Å². The lowest BCUT2D eigenvalue weighted by Gasteiger charge is -2.18. The number of fused-ring (bicyclic) bond motifs is 1. The summed E-state index contributed by atoms with van der Waals surface area (Å²) >= 11 is 0. The summed E-state index contributed by atoms with van der Waals surface area (Å²) in [6.07, 6.45) is 0.493. The first kappa shape index (κ1) is 14.1. The van der Waals surface area contributed by atoms with Crippen molar-refractivity contribution in [2.24, 2.45) is 5.73 Å². The number of benzene rings is 2. The van der Waals surface area contributed by atoms with Gasteiger partial charge in [-0.3, -0.25) is 0 Å². The standard InChI is InChI=1S/C18H20FNO/c1-18(2)11-21-17-8-7-13(9-14(17)18)16(20)10-12-5-3-4-6-15(12)19/h3-9,16H,10-11,20H2,1-2H3. The molecule has 0 saturated carbocycles. The van der Waals surface area contributed by atoms with Crippen molar-refractivity contribution < 1.29 is 9.13 Å². The molecule has 1 aliphatic rings. The zero-order valence-corrected chi connectivity index (χ0v) is 12.4. The molecule has 0 bridgehead atoms. The van der Waals surface area contributed by atoms with E-state index in [9.17, 15) is 4.39 Å². The van der Waals surface area contributed by atoms with Crippen LogP contribution in [0.1, 0.15) is 36.6 Å². The van der Waals surface area contributed by atoms with Gasteiger partial charge in [0.1, 0.15) is 11.6 Å². The summed E-state index contributed by atoms with van der Waals surface area (Å²) in [7, 11) is 0. The van der Waals surface area contributed by atoms with Crippen LogP contribution >= 0.6 is 0 Å². The second-order valence-electron chi connectivity index (χ2n) is 6.33. The molecule has 3 heteroatoms. The highest BCUT2D eigenvalue weighted by atomic mass is 19.1. The lowest BCUT2D eigenvalue weighted by atomic mass is 9.85. The van der Waals surface area contributed by atoms with E-state index in [1.54, 1.807) is 12.1 Å². The molecule has 0 amide bonds. The molecule has 0 saturated heterocycles. The van der Waals surface area contributed by atoms with Gasteiger partial charge in [0, 0.05) is 17.0 Å². The highest BCUT2D eigenvalue weighted by Gasteiger charge is 2.32. The van der Waals surface area contributed by atoms with Gasteiger partial charge in [0.2, 0.25) is 0 Å². The van der Waals surface area contributed by atoms with Gasteiger partial charge in [0.15, 0.2) is 0 Å². The normalized spacial score (nSPS) is 17.1. The van der Waals surface area contributed by atoms with Crippen molar-refractivity contribution in [3.05, 3.63) is 65.0 Å². The van der Waals surface area contributed by atoms with Gasteiger partial charge < -0.3 is 10.5 Å². The fourth-order valence-corrected chi connectivity index (χ4v) is 2.79. The van der Waals surface area contributed by atoms with E-state index in [4.69, 9.17) is 10.5 Å². The molecule has 1 unspecified atom stereocenters. The average molecular weight is 285 g/mol. The molecule has 0 aromatic heterocycles. The number of rotatable bonds is 3. The van der Waals surface area contributed by atoms with E-state index in [1.807, 2.05) is 18.2 Å². The minimum Gasteiger partial charge on any atom is -0.492 e. The molecule has 2 aromatic carbocycles. The van der Waals surface area contributed by atoms with Gasteiger partial charge in [0.25, 0.3) is 0 Å². The molecule has 1 aliphatic heterocycles. The Hall–Kier alpha value is -1.87. The summed E-state index contributed by atoms with van der Waals surface area (Å²) in [6.45, 7) is 5.00. The molecule has 1 heterocycles. The average Bonchev–Trinajstić information content (AvgIpc) is 2.77. The molecule has 0 aliphatic carbocycles. The minimum atomic E-state index is -0.219. The van der Waals surface area contributed by atoms with Crippen molar-refractivity contribution in [1.29, 1.82) is 0 Å². The van der Waals surface area contributed by atoms with Crippen LogP contribution in [0.25, 0.3) is 0 Å². The molecule has 1 atom stereocenters. The topological polar surface area (TPSA) is 35.2 Å². The molecule has 0 fully saturated rings. The van der Waals surface area contributed by atoms with Crippen molar-refractivity contribution in [3.63, 3.8) is 0 Å². The Morgan fingerprint density at radius 1 is 1.24 bits per heavy atom. The quantitative estimate of drug-likeness (QED) is 0.932. The van der Waals surface area contributed by atoms with Gasteiger partial charge in [0.05, 0.1) is 6.61 Å². The summed E-state index contributed by atoms with van der Waals surface area (Å²) in [4.78, 5) is 0. The van der Waals surface area contributed by atoms with Crippen molar-refractivity contribution in [2.45, 2.75) is 31.7 Å². The van der Waals surface area contributed by atoms with Crippen LogP contribution in [0.2, 0.25) is 0 Å². The van der Waals surface area contributed by atoms with E-state index < -0.39 is 0 Å². The molecule has 2 aromatic rings. The molecule has 0 radical (unpaired) electrons. The third-order valence-electron chi connectivity index (χ3n) is 4.15. The molecule has 2 nitrogen and oxygen atoms in total. The van der Waals surface area contributed by atoms with E-state index in [1.165, 1.54) is 11.6 Å². The number of ether oxygens (including phenoxy) is 1. The Morgan fingerprint density at radius 2 is 2.00 bits per heavy atom. The first-order valence-electron chi connectivity index (χ1n) is 7.23. The van der Waals surface area contributed by atoms with Crippen molar-refractivity contribution in [1.82, 2.24) is 0 Å². The summed E-state index contributed by atoms with van der Waals surface area (Å²) in [6, 6.07) is 12.6. The van der Waals surface area contributed by atoms with Crippen LogP contribution in [0.3, 0.4) is 0 Å².